The summed E-state index contributed by atoms with van der Waals surface area (Å²) in [5.41, 5.74) is 0.716. The molecule has 19 heavy (non-hydrogen) atoms. The van der Waals surface area contributed by atoms with Gasteiger partial charge in [-0.15, -0.1) is 0 Å². The van der Waals surface area contributed by atoms with Crippen molar-refractivity contribution in [2.24, 2.45) is 11.3 Å². The molecule has 2 aliphatic carbocycles. The summed E-state index contributed by atoms with van der Waals surface area (Å²) in [4.78, 5) is 2.46. The molecule has 0 aromatic heterocycles. The molecule has 3 rings (SSSR count). The third-order valence-corrected chi connectivity index (χ3v) is 6.23. The highest BCUT2D eigenvalue weighted by Crippen LogP contribution is 2.52. The normalized spacial score (nSPS) is 39.3. The van der Waals surface area contributed by atoms with Crippen molar-refractivity contribution in [3.8, 4) is 0 Å². The maximum Gasteiger partial charge on any atom is 0.0685 e. The van der Waals surface area contributed by atoms with Crippen molar-refractivity contribution < 1.29 is 4.74 Å². The Balaban J connectivity index is 1.63. The van der Waals surface area contributed by atoms with Crippen molar-refractivity contribution in [2.45, 2.75) is 63.6 Å². The SMILES string of the molecule is CN(C)C1(CNC2C3CCOC3C2(C)C)CCCC1. The molecule has 110 valence electrons. The number of likely N-dealkylation sites (N-methyl/N-ethyl adjacent to an activating group) is 1. The summed E-state index contributed by atoms with van der Waals surface area (Å²) in [7, 11) is 4.50. The van der Waals surface area contributed by atoms with Crippen molar-refractivity contribution in [2.75, 3.05) is 27.2 Å². The van der Waals surface area contributed by atoms with Crippen molar-refractivity contribution in [1.29, 1.82) is 0 Å². The summed E-state index contributed by atoms with van der Waals surface area (Å²) in [6.07, 6.45) is 7.24. The van der Waals surface area contributed by atoms with Gasteiger partial charge in [0, 0.05) is 36.1 Å². The van der Waals surface area contributed by atoms with Gasteiger partial charge in [0.15, 0.2) is 0 Å². The summed E-state index contributed by atoms with van der Waals surface area (Å²) in [6.45, 7) is 6.86. The van der Waals surface area contributed by atoms with Crippen LogP contribution in [0.1, 0.15) is 46.0 Å². The molecular formula is C16H30N2O. The summed E-state index contributed by atoms with van der Waals surface area (Å²) in [5.74, 6) is 0.760. The van der Waals surface area contributed by atoms with Crippen LogP contribution in [0.25, 0.3) is 0 Å². The predicted molar refractivity (Wildman–Crippen MR) is 78.3 cm³/mol. The van der Waals surface area contributed by atoms with Crippen molar-refractivity contribution in [1.82, 2.24) is 10.2 Å². The highest BCUT2D eigenvalue weighted by molar-refractivity contribution is 5.12. The molecule has 0 spiro atoms. The summed E-state index contributed by atoms with van der Waals surface area (Å²) in [5, 5.41) is 3.92. The standard InChI is InChI=1S/C16H30N2O/c1-15(2)13(12-7-10-19-14(12)15)17-11-16(18(3)4)8-5-6-9-16/h12-14,17H,5-11H2,1-4H3. The molecule has 1 saturated heterocycles. The van der Waals surface area contributed by atoms with Gasteiger partial charge in [0.1, 0.15) is 0 Å². The van der Waals surface area contributed by atoms with Gasteiger partial charge in [-0.1, -0.05) is 26.7 Å². The van der Waals surface area contributed by atoms with Gasteiger partial charge < -0.3 is 15.0 Å². The van der Waals surface area contributed by atoms with Gasteiger partial charge in [0.25, 0.3) is 0 Å². The van der Waals surface area contributed by atoms with E-state index in [9.17, 15) is 0 Å². The Morgan fingerprint density at radius 2 is 1.89 bits per heavy atom. The van der Waals surface area contributed by atoms with Crippen LogP contribution in [0.3, 0.4) is 0 Å². The summed E-state index contributed by atoms with van der Waals surface area (Å²) >= 11 is 0. The van der Waals surface area contributed by atoms with E-state index in [1.807, 2.05) is 0 Å². The molecule has 0 bridgehead atoms. The molecule has 3 heteroatoms. The molecule has 0 aromatic carbocycles. The van der Waals surface area contributed by atoms with Gasteiger partial charge in [0.05, 0.1) is 6.10 Å². The first-order valence-electron chi connectivity index (χ1n) is 8.00. The fraction of sp³-hybridized carbons (Fsp3) is 1.00. The predicted octanol–water partition coefficient (Wildman–Crippen LogP) is 2.26. The average Bonchev–Trinajstić information content (AvgIpc) is 2.96. The number of ether oxygens (including phenoxy) is 1. The van der Waals surface area contributed by atoms with Gasteiger partial charge in [0.2, 0.25) is 0 Å². The van der Waals surface area contributed by atoms with E-state index in [0.29, 0.717) is 23.1 Å². The van der Waals surface area contributed by atoms with Crippen molar-refractivity contribution in [3.63, 3.8) is 0 Å². The molecule has 3 unspecified atom stereocenters. The van der Waals surface area contributed by atoms with Crippen LogP contribution < -0.4 is 5.32 Å². The smallest absolute Gasteiger partial charge is 0.0685 e. The van der Waals surface area contributed by atoms with Crippen LogP contribution >= 0.6 is 0 Å². The lowest BCUT2D eigenvalue weighted by Gasteiger charge is -2.56. The number of nitrogens with zero attached hydrogens (tertiary/aromatic N) is 1. The first-order chi connectivity index (χ1) is 8.97. The first kappa shape index (κ1) is 13.8. The van der Waals surface area contributed by atoms with Crippen LogP contribution in [0.5, 0.6) is 0 Å². The van der Waals surface area contributed by atoms with E-state index in [0.717, 1.165) is 19.1 Å². The molecule has 0 aromatic rings. The molecule has 0 radical (unpaired) electrons. The Morgan fingerprint density at radius 3 is 2.53 bits per heavy atom. The largest absolute Gasteiger partial charge is 0.377 e. The first-order valence-corrected chi connectivity index (χ1v) is 8.00. The van der Waals surface area contributed by atoms with Gasteiger partial charge in [-0.2, -0.15) is 0 Å². The van der Waals surface area contributed by atoms with E-state index < -0.39 is 0 Å². The van der Waals surface area contributed by atoms with Crippen molar-refractivity contribution >= 4 is 0 Å². The molecule has 3 atom stereocenters. The zero-order valence-electron chi connectivity index (χ0n) is 13.0. The fourth-order valence-corrected chi connectivity index (χ4v) is 4.85. The van der Waals surface area contributed by atoms with Gasteiger partial charge in [-0.25, -0.2) is 0 Å². The molecule has 3 fully saturated rings. The van der Waals surface area contributed by atoms with Crippen LogP contribution in [-0.4, -0.2) is 49.8 Å². The molecule has 3 aliphatic rings. The Labute approximate surface area is 118 Å². The minimum Gasteiger partial charge on any atom is -0.377 e. The van der Waals surface area contributed by atoms with Gasteiger partial charge in [-0.05, 0) is 33.4 Å². The number of fused-ring (bicyclic) bond motifs is 1. The zero-order chi connectivity index (χ0) is 13.7. The highest BCUT2D eigenvalue weighted by atomic mass is 16.5. The number of hydrogen-bond donors (Lipinski definition) is 1. The van der Waals surface area contributed by atoms with E-state index in [-0.39, 0.29) is 0 Å². The highest BCUT2D eigenvalue weighted by Gasteiger charge is 2.59. The molecular weight excluding hydrogens is 236 g/mol. The third kappa shape index (κ3) is 2.05. The minimum atomic E-state index is 0.313. The van der Waals surface area contributed by atoms with E-state index in [4.69, 9.17) is 4.74 Å². The molecule has 3 nitrogen and oxygen atoms in total. The summed E-state index contributed by atoms with van der Waals surface area (Å²) in [6, 6.07) is 0.650. The van der Waals surface area contributed by atoms with E-state index >= 15 is 0 Å². The number of nitrogens with one attached hydrogen (secondary N) is 1. The second-order valence-electron chi connectivity index (χ2n) is 7.75. The van der Waals surface area contributed by atoms with Crippen LogP contribution in [0.4, 0.5) is 0 Å². The molecule has 0 amide bonds. The van der Waals surface area contributed by atoms with Crippen LogP contribution in [-0.2, 0) is 4.74 Å². The van der Waals surface area contributed by atoms with Crippen LogP contribution in [0.2, 0.25) is 0 Å². The molecule has 1 heterocycles. The second-order valence-corrected chi connectivity index (χ2v) is 7.75. The van der Waals surface area contributed by atoms with E-state index in [1.165, 1.54) is 32.1 Å². The second kappa shape index (κ2) is 4.71. The topological polar surface area (TPSA) is 24.5 Å². The van der Waals surface area contributed by atoms with E-state index in [2.05, 4.69) is 38.2 Å². The van der Waals surface area contributed by atoms with E-state index in [1.54, 1.807) is 0 Å². The maximum atomic E-state index is 5.89. The maximum absolute atomic E-state index is 5.89. The lowest BCUT2D eigenvalue weighted by Crippen LogP contribution is -2.68. The Bertz CT molecular complexity index is 334. The average molecular weight is 266 g/mol. The number of hydrogen-bond acceptors (Lipinski definition) is 3. The molecule has 2 saturated carbocycles. The number of rotatable bonds is 4. The molecule has 1 aliphatic heterocycles. The monoisotopic (exact) mass is 266 g/mol. The van der Waals surface area contributed by atoms with Crippen LogP contribution in [0, 0.1) is 11.3 Å². The fourth-order valence-electron chi connectivity index (χ4n) is 4.85. The minimum absolute atomic E-state index is 0.313. The lowest BCUT2D eigenvalue weighted by atomic mass is 9.57. The van der Waals surface area contributed by atoms with Crippen LogP contribution in [0.15, 0.2) is 0 Å². The zero-order valence-corrected chi connectivity index (χ0v) is 13.0. The van der Waals surface area contributed by atoms with Gasteiger partial charge >= 0.3 is 0 Å². The van der Waals surface area contributed by atoms with Gasteiger partial charge in [-0.3, -0.25) is 0 Å². The lowest BCUT2D eigenvalue weighted by molar-refractivity contribution is -0.114. The molecule has 1 N–H and O–H groups in total. The Morgan fingerprint density at radius 1 is 1.21 bits per heavy atom. The summed E-state index contributed by atoms with van der Waals surface area (Å²) < 4.78 is 5.89. The quantitative estimate of drug-likeness (QED) is 0.845. The Kier molecular flexibility index (Phi) is 3.43. The van der Waals surface area contributed by atoms with Crippen molar-refractivity contribution in [3.05, 3.63) is 0 Å². The Hall–Kier alpha value is -0.120. The third-order valence-electron chi connectivity index (χ3n) is 6.23.